The monoisotopic (exact) mass is 544 g/mol. The SMILES string of the molecule is Cc1c(Nc2ccc(S(=O)(=O)C3CC3)cc2F)ncnc1OC1CC2CC[C@@H](C1)N2C(=O)OC1(C)CCC1. The molecular formula is C27H33FN4O5S. The molecule has 4 aliphatic rings. The summed E-state index contributed by atoms with van der Waals surface area (Å²) in [6.07, 6.45) is 8.47. The van der Waals surface area contributed by atoms with E-state index in [1.165, 1.54) is 18.5 Å². The van der Waals surface area contributed by atoms with E-state index in [2.05, 4.69) is 15.3 Å². The number of nitrogens with zero attached hydrogens (tertiary/aromatic N) is 3. The highest BCUT2D eigenvalue weighted by atomic mass is 32.2. The number of hydrogen-bond acceptors (Lipinski definition) is 8. The van der Waals surface area contributed by atoms with Crippen molar-refractivity contribution in [1.29, 1.82) is 0 Å². The van der Waals surface area contributed by atoms with E-state index >= 15 is 0 Å². The van der Waals surface area contributed by atoms with E-state index in [1.54, 1.807) is 6.92 Å². The molecule has 2 unspecified atom stereocenters. The van der Waals surface area contributed by atoms with Gasteiger partial charge in [-0.15, -0.1) is 0 Å². The van der Waals surface area contributed by atoms with Crippen LogP contribution in [0, 0.1) is 12.7 Å². The molecule has 204 valence electrons. The smallest absolute Gasteiger partial charge is 0.410 e. The number of hydrogen-bond donors (Lipinski definition) is 1. The average Bonchev–Trinajstić information content (AvgIpc) is 3.67. The third kappa shape index (κ3) is 4.69. The minimum atomic E-state index is -3.48. The van der Waals surface area contributed by atoms with Crippen molar-refractivity contribution in [3.05, 3.63) is 35.9 Å². The Hall–Kier alpha value is -2.95. The molecule has 2 aromatic rings. The lowest BCUT2D eigenvalue weighted by atomic mass is 9.82. The first-order valence-electron chi connectivity index (χ1n) is 13.4. The predicted molar refractivity (Wildman–Crippen MR) is 138 cm³/mol. The number of nitrogens with one attached hydrogen (secondary N) is 1. The van der Waals surface area contributed by atoms with Crippen molar-refractivity contribution in [3.8, 4) is 5.88 Å². The van der Waals surface area contributed by atoms with Gasteiger partial charge in [-0.1, -0.05) is 0 Å². The van der Waals surface area contributed by atoms with Gasteiger partial charge >= 0.3 is 6.09 Å². The molecule has 2 aliphatic heterocycles. The normalized spacial score (nSPS) is 26.0. The molecule has 0 spiro atoms. The fraction of sp³-hybridized carbons (Fsp3) is 0.593. The molecule has 1 N–H and O–H groups in total. The number of fused-ring (bicyclic) bond motifs is 2. The molecule has 3 atom stereocenters. The standard InChI is InChI=1S/C27H33FN4O5S/c1-16-24(31-23-9-8-21(14-22(23)28)38(34,35)20-6-7-20)29-15-30-25(16)36-19-12-17-4-5-18(13-19)32(17)26(33)37-27(2)10-3-11-27/h8-9,14-15,17-20H,3-7,10-13H2,1-2H3,(H,29,30,31)/t17-,18?,19?/m0/s1. The third-order valence-electron chi connectivity index (χ3n) is 8.45. The molecule has 6 rings (SSSR count). The largest absolute Gasteiger partial charge is 0.474 e. The van der Waals surface area contributed by atoms with Gasteiger partial charge in [-0.3, -0.25) is 0 Å². The zero-order chi connectivity index (χ0) is 26.7. The zero-order valence-corrected chi connectivity index (χ0v) is 22.5. The molecule has 2 bridgehead atoms. The van der Waals surface area contributed by atoms with Crippen molar-refractivity contribution in [2.24, 2.45) is 0 Å². The first-order chi connectivity index (χ1) is 18.1. The fourth-order valence-corrected chi connectivity index (χ4v) is 7.54. The van der Waals surface area contributed by atoms with Crippen LogP contribution in [0.4, 0.5) is 20.7 Å². The number of piperidine rings is 1. The first kappa shape index (κ1) is 25.3. The van der Waals surface area contributed by atoms with Crippen molar-refractivity contribution in [2.75, 3.05) is 5.32 Å². The molecule has 38 heavy (non-hydrogen) atoms. The van der Waals surface area contributed by atoms with Crippen LogP contribution < -0.4 is 10.1 Å². The number of rotatable bonds is 7. The van der Waals surface area contributed by atoms with Crippen molar-refractivity contribution in [1.82, 2.24) is 14.9 Å². The summed E-state index contributed by atoms with van der Waals surface area (Å²) in [6.45, 7) is 3.80. The molecule has 1 amide bonds. The van der Waals surface area contributed by atoms with Gasteiger partial charge in [-0.05, 0) is 77.0 Å². The van der Waals surface area contributed by atoms with Crippen LogP contribution >= 0.6 is 0 Å². The van der Waals surface area contributed by atoms with E-state index in [9.17, 15) is 17.6 Å². The third-order valence-corrected chi connectivity index (χ3v) is 10.7. The minimum Gasteiger partial charge on any atom is -0.474 e. The molecule has 3 heterocycles. The van der Waals surface area contributed by atoms with Gasteiger partial charge in [0.25, 0.3) is 0 Å². The summed E-state index contributed by atoms with van der Waals surface area (Å²) in [7, 11) is -3.48. The van der Waals surface area contributed by atoms with Crippen LogP contribution in [0.5, 0.6) is 5.88 Å². The fourth-order valence-electron chi connectivity index (χ4n) is 5.87. The van der Waals surface area contributed by atoms with Crippen LogP contribution in [0.1, 0.15) is 70.3 Å². The van der Waals surface area contributed by atoms with Gasteiger partial charge in [0.15, 0.2) is 9.84 Å². The van der Waals surface area contributed by atoms with Crippen LogP contribution in [-0.2, 0) is 14.6 Å². The Bertz CT molecular complexity index is 1350. The van der Waals surface area contributed by atoms with E-state index in [4.69, 9.17) is 9.47 Å². The molecular weight excluding hydrogens is 511 g/mol. The van der Waals surface area contributed by atoms with Crippen LogP contribution in [-0.4, -0.2) is 58.4 Å². The highest BCUT2D eigenvalue weighted by Gasteiger charge is 2.47. The van der Waals surface area contributed by atoms with Crippen molar-refractivity contribution >= 4 is 27.4 Å². The van der Waals surface area contributed by atoms with E-state index in [-0.39, 0.29) is 40.5 Å². The molecule has 4 fully saturated rings. The summed E-state index contributed by atoms with van der Waals surface area (Å²) >= 11 is 0. The van der Waals surface area contributed by atoms with Gasteiger partial charge < -0.3 is 19.7 Å². The van der Waals surface area contributed by atoms with E-state index < -0.39 is 20.9 Å². The number of sulfone groups is 1. The van der Waals surface area contributed by atoms with Crippen molar-refractivity contribution < 1.29 is 27.1 Å². The number of anilines is 2. The van der Waals surface area contributed by atoms with Gasteiger partial charge in [0, 0.05) is 24.9 Å². The van der Waals surface area contributed by atoms with Crippen LogP contribution in [0.25, 0.3) is 0 Å². The zero-order valence-electron chi connectivity index (χ0n) is 21.7. The first-order valence-corrected chi connectivity index (χ1v) is 15.0. The van der Waals surface area contributed by atoms with Crippen LogP contribution in [0.2, 0.25) is 0 Å². The summed E-state index contributed by atoms with van der Waals surface area (Å²) in [5, 5.41) is 2.56. The van der Waals surface area contributed by atoms with Gasteiger partial charge in [0.1, 0.15) is 29.7 Å². The number of aromatic nitrogens is 2. The number of carbonyl (C=O) groups excluding carboxylic acids is 1. The molecule has 2 saturated carbocycles. The summed E-state index contributed by atoms with van der Waals surface area (Å²) in [4.78, 5) is 23.4. The van der Waals surface area contributed by atoms with E-state index in [1.807, 2.05) is 11.8 Å². The molecule has 11 heteroatoms. The van der Waals surface area contributed by atoms with Gasteiger partial charge in [0.2, 0.25) is 5.88 Å². The van der Waals surface area contributed by atoms with Crippen LogP contribution in [0.3, 0.4) is 0 Å². The maximum atomic E-state index is 14.8. The van der Waals surface area contributed by atoms with Gasteiger partial charge in [-0.2, -0.15) is 0 Å². The Morgan fingerprint density at radius 1 is 1.13 bits per heavy atom. The Labute approximate surface area is 222 Å². The maximum absolute atomic E-state index is 14.8. The topological polar surface area (TPSA) is 111 Å². The van der Waals surface area contributed by atoms with Crippen molar-refractivity contribution in [2.45, 2.75) is 106 Å². The van der Waals surface area contributed by atoms with Gasteiger partial charge in [0.05, 0.1) is 21.4 Å². The van der Waals surface area contributed by atoms with Crippen molar-refractivity contribution in [3.63, 3.8) is 0 Å². The second-order valence-electron chi connectivity index (χ2n) is 11.3. The Morgan fingerprint density at radius 2 is 1.84 bits per heavy atom. The second kappa shape index (κ2) is 9.36. The molecule has 1 aromatic heterocycles. The van der Waals surface area contributed by atoms with Crippen LogP contribution in [0.15, 0.2) is 29.4 Å². The minimum absolute atomic E-state index is 0.00173. The Kier molecular flexibility index (Phi) is 6.24. The quantitative estimate of drug-likeness (QED) is 0.515. The highest BCUT2D eigenvalue weighted by molar-refractivity contribution is 7.92. The summed E-state index contributed by atoms with van der Waals surface area (Å²) in [5.74, 6) is 0.112. The van der Waals surface area contributed by atoms with Gasteiger partial charge in [-0.25, -0.2) is 27.6 Å². The summed E-state index contributed by atoms with van der Waals surface area (Å²) < 4.78 is 51.8. The Balaban J connectivity index is 1.12. The van der Waals surface area contributed by atoms with E-state index in [0.29, 0.717) is 42.9 Å². The Morgan fingerprint density at radius 3 is 2.45 bits per heavy atom. The lowest BCUT2D eigenvalue weighted by Gasteiger charge is -2.43. The number of benzene rings is 1. The molecule has 2 saturated heterocycles. The molecule has 1 aromatic carbocycles. The summed E-state index contributed by atoms with van der Waals surface area (Å²) in [5.41, 5.74) is 0.419. The highest BCUT2D eigenvalue weighted by Crippen LogP contribution is 2.41. The number of carbonyl (C=O) groups is 1. The molecule has 0 radical (unpaired) electrons. The maximum Gasteiger partial charge on any atom is 0.410 e. The molecule has 9 nitrogen and oxygen atoms in total. The lowest BCUT2D eigenvalue weighted by Crippen LogP contribution is -2.52. The average molecular weight is 545 g/mol. The predicted octanol–water partition coefficient (Wildman–Crippen LogP) is 5.06. The van der Waals surface area contributed by atoms with E-state index in [0.717, 1.165) is 38.2 Å². The number of ether oxygens (including phenoxy) is 2. The number of amides is 1. The number of halogens is 1. The lowest BCUT2D eigenvalue weighted by molar-refractivity contribution is -0.0610. The second-order valence-corrected chi connectivity index (χ2v) is 13.6. The molecule has 2 aliphatic carbocycles. The summed E-state index contributed by atoms with van der Waals surface area (Å²) in [6, 6.07) is 4.06.